The summed E-state index contributed by atoms with van der Waals surface area (Å²) in [4.78, 5) is 15.9. The highest BCUT2D eigenvalue weighted by Crippen LogP contribution is 2.37. The van der Waals surface area contributed by atoms with Crippen molar-refractivity contribution < 1.29 is 9.47 Å². The van der Waals surface area contributed by atoms with Crippen molar-refractivity contribution in [3.8, 4) is 33.9 Å². The van der Waals surface area contributed by atoms with Gasteiger partial charge in [0.15, 0.2) is 5.75 Å². The quantitative estimate of drug-likeness (QED) is 0.432. The molecule has 1 aliphatic rings. The van der Waals surface area contributed by atoms with E-state index in [0.717, 1.165) is 51.9 Å². The number of methoxy groups -OCH3 is 2. The first kappa shape index (κ1) is 20.2. The third-order valence-electron chi connectivity index (χ3n) is 6.15. The normalized spacial score (nSPS) is 13.5. The van der Waals surface area contributed by atoms with Gasteiger partial charge in [-0.05, 0) is 61.2 Å². The van der Waals surface area contributed by atoms with Crippen LogP contribution in [0, 0.1) is 6.92 Å². The molecule has 0 atom stereocenters. The van der Waals surface area contributed by atoms with Crippen LogP contribution in [0.3, 0.4) is 0 Å². The summed E-state index contributed by atoms with van der Waals surface area (Å²) in [5, 5.41) is 1.03. The number of benzene rings is 2. The van der Waals surface area contributed by atoms with Crippen LogP contribution >= 0.6 is 0 Å². The molecule has 0 aliphatic carbocycles. The lowest BCUT2D eigenvalue weighted by atomic mass is 9.95. The van der Waals surface area contributed by atoms with Crippen molar-refractivity contribution in [1.82, 2.24) is 15.0 Å². The molecule has 0 saturated carbocycles. The van der Waals surface area contributed by atoms with Crippen LogP contribution in [0.25, 0.3) is 33.2 Å². The van der Waals surface area contributed by atoms with Crippen molar-refractivity contribution in [2.24, 2.45) is 0 Å². The molecule has 0 radical (unpaired) electrons. The van der Waals surface area contributed by atoms with Crippen LogP contribution in [0.5, 0.6) is 11.6 Å². The summed E-state index contributed by atoms with van der Waals surface area (Å²) >= 11 is 0. The molecule has 0 N–H and O–H groups in total. The van der Waals surface area contributed by atoms with Gasteiger partial charge >= 0.3 is 0 Å². The zero-order valence-corrected chi connectivity index (χ0v) is 18.6. The minimum absolute atomic E-state index is 0.467. The van der Waals surface area contributed by atoms with Gasteiger partial charge in [-0.15, -0.1) is 0 Å². The number of aryl methyl sites for hydroxylation is 1. The summed E-state index contributed by atoms with van der Waals surface area (Å²) in [5.41, 5.74) is 7.35. The Kier molecular flexibility index (Phi) is 5.35. The van der Waals surface area contributed by atoms with Gasteiger partial charge in [-0.3, -0.25) is 0 Å². The molecule has 162 valence electrons. The Morgan fingerprint density at radius 1 is 0.812 bits per heavy atom. The highest BCUT2D eigenvalue weighted by atomic mass is 16.5. The van der Waals surface area contributed by atoms with Gasteiger partial charge in [0.05, 0.1) is 19.7 Å². The van der Waals surface area contributed by atoms with Gasteiger partial charge in [-0.25, -0.2) is 15.0 Å². The molecule has 6 heteroatoms. The van der Waals surface area contributed by atoms with Crippen LogP contribution in [0.15, 0.2) is 55.0 Å². The molecule has 5 rings (SSSR count). The third-order valence-corrected chi connectivity index (χ3v) is 6.15. The molecule has 1 saturated heterocycles. The molecule has 0 unspecified atom stereocenters. The van der Waals surface area contributed by atoms with Gasteiger partial charge in [0.1, 0.15) is 6.33 Å². The van der Waals surface area contributed by atoms with E-state index >= 15 is 0 Å². The summed E-state index contributed by atoms with van der Waals surface area (Å²) in [5.74, 6) is 1.07. The molecule has 6 nitrogen and oxygen atoms in total. The minimum atomic E-state index is 0.467. The average molecular weight is 427 g/mol. The van der Waals surface area contributed by atoms with E-state index in [2.05, 4.69) is 56.3 Å². The third kappa shape index (κ3) is 3.62. The zero-order valence-electron chi connectivity index (χ0n) is 18.6. The fourth-order valence-electron chi connectivity index (χ4n) is 4.40. The maximum atomic E-state index is 5.47. The number of ether oxygens (including phenoxy) is 2. The van der Waals surface area contributed by atoms with Gasteiger partial charge in [0.2, 0.25) is 0 Å². The molecule has 1 aliphatic heterocycles. The van der Waals surface area contributed by atoms with E-state index in [0.29, 0.717) is 11.6 Å². The smallest absolute Gasteiger partial charge is 0.256 e. The fraction of sp³-hybridized carbons (Fsp3) is 0.269. The number of nitrogens with zero attached hydrogens (tertiary/aromatic N) is 4. The van der Waals surface area contributed by atoms with Gasteiger partial charge < -0.3 is 14.4 Å². The van der Waals surface area contributed by atoms with Gasteiger partial charge in [0, 0.05) is 47.2 Å². The second-order valence-corrected chi connectivity index (χ2v) is 8.06. The Labute approximate surface area is 187 Å². The minimum Gasteiger partial charge on any atom is -0.491 e. The van der Waals surface area contributed by atoms with E-state index in [1.165, 1.54) is 18.5 Å². The number of rotatable bonds is 5. The van der Waals surface area contributed by atoms with Crippen LogP contribution in [-0.4, -0.2) is 42.3 Å². The molecule has 3 heterocycles. The first-order valence-corrected chi connectivity index (χ1v) is 10.9. The Morgan fingerprint density at radius 3 is 2.31 bits per heavy atom. The van der Waals surface area contributed by atoms with Crippen molar-refractivity contribution in [2.45, 2.75) is 19.8 Å². The lowest BCUT2D eigenvalue weighted by molar-refractivity contribution is 0.343. The maximum Gasteiger partial charge on any atom is 0.256 e. The van der Waals surface area contributed by atoms with Crippen molar-refractivity contribution in [3.05, 3.63) is 60.7 Å². The number of hydrogen-bond acceptors (Lipinski definition) is 6. The van der Waals surface area contributed by atoms with E-state index in [9.17, 15) is 0 Å². The Hall–Kier alpha value is -3.67. The molecule has 1 fully saturated rings. The predicted molar refractivity (Wildman–Crippen MR) is 127 cm³/mol. The van der Waals surface area contributed by atoms with Crippen molar-refractivity contribution in [2.75, 3.05) is 32.2 Å². The largest absolute Gasteiger partial charge is 0.491 e. The van der Waals surface area contributed by atoms with E-state index in [-0.39, 0.29) is 0 Å². The lowest BCUT2D eigenvalue weighted by Crippen LogP contribution is -2.17. The lowest BCUT2D eigenvalue weighted by Gasteiger charge is -2.18. The molecule has 0 spiro atoms. The zero-order chi connectivity index (χ0) is 22.1. The first-order chi connectivity index (χ1) is 15.7. The standard InChI is InChI=1S/C26H26N4O2/c1-17-22-12-19(20-14-24(31-2)26(32-3)27-15-20)13-23(25(22)29-16-28-17)18-6-8-21(9-7-18)30-10-4-5-11-30/h6-9,12-16H,4-5,10-11H2,1-3H3. The Balaban J connectivity index is 1.65. The van der Waals surface area contributed by atoms with Gasteiger partial charge in [-0.2, -0.15) is 0 Å². The van der Waals surface area contributed by atoms with E-state index in [4.69, 9.17) is 9.47 Å². The van der Waals surface area contributed by atoms with Crippen molar-refractivity contribution in [1.29, 1.82) is 0 Å². The summed E-state index contributed by atoms with van der Waals surface area (Å²) in [6, 6.07) is 15.0. The highest BCUT2D eigenvalue weighted by molar-refractivity contribution is 5.98. The Bertz CT molecular complexity index is 1270. The molecule has 32 heavy (non-hydrogen) atoms. The second kappa shape index (κ2) is 8.46. The fourth-order valence-corrected chi connectivity index (χ4v) is 4.40. The van der Waals surface area contributed by atoms with Crippen LogP contribution in [0.2, 0.25) is 0 Å². The van der Waals surface area contributed by atoms with Gasteiger partial charge in [-0.1, -0.05) is 12.1 Å². The first-order valence-electron chi connectivity index (χ1n) is 10.9. The number of hydrogen-bond donors (Lipinski definition) is 0. The molecule has 4 aromatic rings. The SMILES string of the molecule is COc1cc(-c2cc(-c3ccc(N4CCCC4)cc3)c3ncnc(C)c3c2)cnc1OC. The number of aromatic nitrogens is 3. The van der Waals surface area contributed by atoms with E-state index in [1.807, 2.05) is 19.2 Å². The van der Waals surface area contributed by atoms with Crippen molar-refractivity contribution in [3.63, 3.8) is 0 Å². The second-order valence-electron chi connectivity index (χ2n) is 8.06. The topological polar surface area (TPSA) is 60.4 Å². The van der Waals surface area contributed by atoms with Crippen LogP contribution in [-0.2, 0) is 0 Å². The molecule has 2 aromatic carbocycles. The summed E-state index contributed by atoms with van der Waals surface area (Å²) in [6.07, 6.45) is 5.98. The summed E-state index contributed by atoms with van der Waals surface area (Å²) < 4.78 is 10.8. The number of anilines is 1. The predicted octanol–water partition coefficient (Wildman–Crippen LogP) is 5.28. The molecular weight excluding hydrogens is 400 g/mol. The maximum absolute atomic E-state index is 5.47. The Morgan fingerprint density at radius 2 is 1.59 bits per heavy atom. The summed E-state index contributed by atoms with van der Waals surface area (Å²) in [6.45, 7) is 4.29. The molecule has 2 aromatic heterocycles. The van der Waals surface area contributed by atoms with E-state index in [1.54, 1.807) is 20.5 Å². The highest BCUT2D eigenvalue weighted by Gasteiger charge is 2.15. The van der Waals surface area contributed by atoms with E-state index < -0.39 is 0 Å². The molecule has 0 bridgehead atoms. The number of fused-ring (bicyclic) bond motifs is 1. The van der Waals surface area contributed by atoms with Gasteiger partial charge in [0.25, 0.3) is 5.88 Å². The average Bonchev–Trinajstić information content (AvgIpc) is 3.38. The molecular formula is C26H26N4O2. The number of pyridine rings is 1. The van der Waals surface area contributed by atoms with Crippen LogP contribution < -0.4 is 14.4 Å². The van der Waals surface area contributed by atoms with Crippen molar-refractivity contribution >= 4 is 16.6 Å². The van der Waals surface area contributed by atoms with Crippen LogP contribution in [0.1, 0.15) is 18.5 Å². The van der Waals surface area contributed by atoms with Crippen LogP contribution in [0.4, 0.5) is 5.69 Å². The summed E-state index contributed by atoms with van der Waals surface area (Å²) in [7, 11) is 3.21. The molecule has 0 amide bonds. The monoisotopic (exact) mass is 426 g/mol.